The van der Waals surface area contributed by atoms with E-state index in [1.165, 1.54) is 6.07 Å². The van der Waals surface area contributed by atoms with Gasteiger partial charge in [0.2, 0.25) is 0 Å². The van der Waals surface area contributed by atoms with Crippen LogP contribution in [0.5, 0.6) is 0 Å². The molecule has 0 radical (unpaired) electrons. The van der Waals surface area contributed by atoms with Crippen molar-refractivity contribution >= 4 is 23.5 Å². The number of carbonyl (C=O) groups is 1. The van der Waals surface area contributed by atoms with E-state index in [2.05, 4.69) is 15.5 Å². The first-order valence-electron chi connectivity index (χ1n) is 6.61. The van der Waals surface area contributed by atoms with E-state index in [0.717, 1.165) is 12.1 Å². The summed E-state index contributed by atoms with van der Waals surface area (Å²) in [4.78, 5) is 12.1. The molecule has 1 amide bonds. The van der Waals surface area contributed by atoms with E-state index in [1.54, 1.807) is 19.9 Å². The summed E-state index contributed by atoms with van der Waals surface area (Å²) in [5.74, 6) is 0.451. The maximum absolute atomic E-state index is 13.0. The molecule has 0 saturated heterocycles. The Kier molecular flexibility index (Phi) is 3.87. The Morgan fingerprint density at radius 1 is 1.22 bits per heavy atom. The minimum absolute atomic E-state index is 0.0106. The first-order chi connectivity index (χ1) is 10.9. The summed E-state index contributed by atoms with van der Waals surface area (Å²) in [7, 11) is 0. The van der Waals surface area contributed by atoms with Gasteiger partial charge >= 0.3 is 6.01 Å². The van der Waals surface area contributed by atoms with Crippen molar-refractivity contribution in [2.75, 3.05) is 5.32 Å². The molecule has 1 N–H and O–H groups in total. The topological polar surface area (TPSA) is 81.2 Å². The zero-order valence-corrected chi connectivity index (χ0v) is 12.9. The van der Waals surface area contributed by atoms with Gasteiger partial charge in [0.25, 0.3) is 11.8 Å². The lowest BCUT2D eigenvalue weighted by Crippen LogP contribution is -2.12. The zero-order valence-electron chi connectivity index (χ0n) is 12.2. The highest BCUT2D eigenvalue weighted by molar-refractivity contribution is 6.34. The standard InChI is InChI=1S/C15H11ClFN3O3/c1-7-5-11(8(2)22-7)14-19-20-15(23-14)18-13(21)10-4-3-9(17)6-12(10)16/h3-6H,1-2H3,(H,18,20,21). The van der Waals surface area contributed by atoms with Crippen LogP contribution in [0.15, 0.2) is 33.1 Å². The van der Waals surface area contributed by atoms with Crippen LogP contribution in [0.3, 0.4) is 0 Å². The van der Waals surface area contributed by atoms with Crippen molar-refractivity contribution in [1.82, 2.24) is 10.2 Å². The highest BCUT2D eigenvalue weighted by atomic mass is 35.5. The van der Waals surface area contributed by atoms with E-state index in [4.69, 9.17) is 20.4 Å². The Morgan fingerprint density at radius 3 is 2.65 bits per heavy atom. The van der Waals surface area contributed by atoms with Crippen LogP contribution in [0.25, 0.3) is 11.5 Å². The fourth-order valence-corrected chi connectivity index (χ4v) is 2.32. The number of aryl methyl sites for hydroxylation is 2. The Labute approximate surface area is 135 Å². The first-order valence-corrected chi connectivity index (χ1v) is 6.99. The molecule has 0 unspecified atom stereocenters. The lowest BCUT2D eigenvalue weighted by molar-refractivity contribution is 0.102. The van der Waals surface area contributed by atoms with Gasteiger partial charge in [-0.3, -0.25) is 10.1 Å². The minimum Gasteiger partial charge on any atom is -0.466 e. The molecule has 8 heteroatoms. The average molecular weight is 336 g/mol. The van der Waals surface area contributed by atoms with Crippen molar-refractivity contribution < 1.29 is 18.0 Å². The number of furan rings is 1. The zero-order chi connectivity index (χ0) is 16.6. The third-order valence-corrected chi connectivity index (χ3v) is 3.41. The number of rotatable bonds is 3. The number of hydrogen-bond acceptors (Lipinski definition) is 5. The fraction of sp³-hybridized carbons (Fsp3) is 0.133. The van der Waals surface area contributed by atoms with E-state index >= 15 is 0 Å². The molecule has 0 saturated carbocycles. The molecular weight excluding hydrogens is 325 g/mol. The predicted octanol–water partition coefficient (Wildman–Crippen LogP) is 3.99. The van der Waals surface area contributed by atoms with Gasteiger partial charge in [-0.2, -0.15) is 0 Å². The molecule has 3 aromatic rings. The number of nitrogens with zero attached hydrogens (tertiary/aromatic N) is 2. The summed E-state index contributed by atoms with van der Waals surface area (Å²) in [5.41, 5.74) is 0.749. The minimum atomic E-state index is -0.578. The van der Waals surface area contributed by atoms with Crippen LogP contribution in [0, 0.1) is 19.7 Å². The Hall–Kier alpha value is -2.67. The normalized spacial score (nSPS) is 10.8. The van der Waals surface area contributed by atoms with Gasteiger partial charge in [0.15, 0.2) is 0 Å². The molecule has 0 bridgehead atoms. The van der Waals surface area contributed by atoms with Gasteiger partial charge in [-0.05, 0) is 38.1 Å². The van der Waals surface area contributed by atoms with Gasteiger partial charge in [-0.25, -0.2) is 4.39 Å². The van der Waals surface area contributed by atoms with Crippen LogP contribution < -0.4 is 5.32 Å². The molecule has 0 atom stereocenters. The Bertz CT molecular complexity index is 888. The van der Waals surface area contributed by atoms with Crippen LogP contribution in [0.2, 0.25) is 5.02 Å². The fourth-order valence-electron chi connectivity index (χ4n) is 2.06. The summed E-state index contributed by atoms with van der Waals surface area (Å²) in [5, 5.41) is 10.0. The average Bonchev–Trinajstić information content (AvgIpc) is 3.05. The molecule has 0 spiro atoms. The number of carbonyl (C=O) groups excluding carboxylic acids is 1. The Morgan fingerprint density at radius 2 is 2.00 bits per heavy atom. The molecule has 23 heavy (non-hydrogen) atoms. The molecule has 0 aliphatic carbocycles. The third kappa shape index (κ3) is 3.09. The highest BCUT2D eigenvalue weighted by Gasteiger charge is 2.17. The van der Waals surface area contributed by atoms with Crippen LogP contribution in [-0.2, 0) is 0 Å². The van der Waals surface area contributed by atoms with Gasteiger partial charge in [-0.15, -0.1) is 5.10 Å². The maximum Gasteiger partial charge on any atom is 0.322 e. The molecule has 1 aromatic carbocycles. The lowest BCUT2D eigenvalue weighted by atomic mass is 10.2. The molecule has 2 aromatic heterocycles. The number of hydrogen-bond donors (Lipinski definition) is 1. The van der Waals surface area contributed by atoms with Crippen molar-refractivity contribution in [1.29, 1.82) is 0 Å². The van der Waals surface area contributed by atoms with Gasteiger partial charge in [-0.1, -0.05) is 16.7 Å². The van der Waals surface area contributed by atoms with Crippen molar-refractivity contribution in [2.24, 2.45) is 0 Å². The van der Waals surface area contributed by atoms with E-state index in [-0.39, 0.29) is 22.5 Å². The SMILES string of the molecule is Cc1cc(-c2nnc(NC(=O)c3ccc(F)cc3Cl)o2)c(C)o1. The van der Waals surface area contributed by atoms with E-state index < -0.39 is 11.7 Å². The maximum atomic E-state index is 13.0. The molecule has 3 rings (SSSR count). The number of halogens is 2. The number of benzene rings is 1. The second-order valence-corrected chi connectivity index (χ2v) is 5.22. The van der Waals surface area contributed by atoms with Gasteiger partial charge in [0.05, 0.1) is 16.1 Å². The van der Waals surface area contributed by atoms with Crippen molar-refractivity contribution in [3.8, 4) is 11.5 Å². The number of anilines is 1. The quantitative estimate of drug-likeness (QED) is 0.782. The van der Waals surface area contributed by atoms with Gasteiger partial charge in [0.1, 0.15) is 17.3 Å². The van der Waals surface area contributed by atoms with Crippen molar-refractivity contribution in [3.05, 3.63) is 52.2 Å². The number of amides is 1. The van der Waals surface area contributed by atoms with Crippen LogP contribution in [-0.4, -0.2) is 16.1 Å². The molecule has 0 fully saturated rings. The van der Waals surface area contributed by atoms with E-state index in [9.17, 15) is 9.18 Å². The summed E-state index contributed by atoms with van der Waals surface area (Å²) >= 11 is 5.84. The smallest absolute Gasteiger partial charge is 0.322 e. The molecule has 2 heterocycles. The third-order valence-electron chi connectivity index (χ3n) is 3.09. The number of aromatic nitrogens is 2. The van der Waals surface area contributed by atoms with Crippen molar-refractivity contribution in [3.63, 3.8) is 0 Å². The summed E-state index contributed by atoms with van der Waals surface area (Å²) in [6.45, 7) is 3.56. The summed E-state index contributed by atoms with van der Waals surface area (Å²) in [6, 6.07) is 5.12. The van der Waals surface area contributed by atoms with E-state index in [1.807, 2.05) is 0 Å². The number of nitrogens with one attached hydrogen (secondary N) is 1. The van der Waals surface area contributed by atoms with Crippen LogP contribution in [0.1, 0.15) is 21.9 Å². The van der Waals surface area contributed by atoms with Gasteiger partial charge in [0, 0.05) is 0 Å². The van der Waals surface area contributed by atoms with Crippen LogP contribution in [0.4, 0.5) is 10.4 Å². The predicted molar refractivity (Wildman–Crippen MR) is 80.8 cm³/mol. The van der Waals surface area contributed by atoms with Gasteiger partial charge < -0.3 is 8.83 Å². The van der Waals surface area contributed by atoms with Crippen molar-refractivity contribution in [2.45, 2.75) is 13.8 Å². The summed E-state index contributed by atoms with van der Waals surface area (Å²) in [6.07, 6.45) is 0. The molecule has 6 nitrogen and oxygen atoms in total. The highest BCUT2D eigenvalue weighted by Crippen LogP contribution is 2.27. The monoisotopic (exact) mass is 335 g/mol. The molecule has 0 aliphatic rings. The second-order valence-electron chi connectivity index (χ2n) is 4.82. The second kappa shape index (κ2) is 5.85. The Balaban J connectivity index is 1.81. The summed E-state index contributed by atoms with van der Waals surface area (Å²) < 4.78 is 23.8. The van der Waals surface area contributed by atoms with E-state index in [0.29, 0.717) is 17.1 Å². The molecular formula is C15H11ClFN3O3. The largest absolute Gasteiger partial charge is 0.466 e. The van der Waals surface area contributed by atoms with Crippen LogP contribution >= 0.6 is 11.6 Å². The molecule has 118 valence electrons. The lowest BCUT2D eigenvalue weighted by Gasteiger charge is -2.02. The molecule has 0 aliphatic heterocycles. The first kappa shape index (κ1) is 15.2.